The molecule has 0 saturated carbocycles. The normalized spacial score (nSPS) is 25.8. The van der Waals surface area contributed by atoms with Crippen LogP contribution < -0.4 is 5.32 Å². The lowest BCUT2D eigenvalue weighted by molar-refractivity contribution is -0.120. The van der Waals surface area contributed by atoms with Gasteiger partial charge in [-0.25, -0.2) is 8.42 Å². The van der Waals surface area contributed by atoms with E-state index >= 15 is 0 Å². The molecule has 0 aliphatic carbocycles. The SMILES string of the molecule is O=C(Cc1ccccc1)N[C@@H]1CS(=O)(=O)C[C@@H]1Cl. The standard InChI is InChI=1S/C12H14ClNO3S/c13-10-7-18(16,17)8-11(10)14-12(15)6-9-4-2-1-3-5-9/h1-5,10-11H,6-8H2,(H,14,15)/t10-,11+/m0/s1. The highest BCUT2D eigenvalue weighted by atomic mass is 35.5. The molecule has 0 aromatic heterocycles. The number of sulfone groups is 1. The molecule has 1 fully saturated rings. The maximum atomic E-state index is 11.8. The average molecular weight is 288 g/mol. The first kappa shape index (κ1) is 13.4. The van der Waals surface area contributed by atoms with Crippen molar-refractivity contribution in [1.29, 1.82) is 0 Å². The lowest BCUT2D eigenvalue weighted by Crippen LogP contribution is -2.41. The molecule has 1 saturated heterocycles. The number of benzene rings is 1. The highest BCUT2D eigenvalue weighted by Crippen LogP contribution is 2.18. The second kappa shape index (κ2) is 5.28. The summed E-state index contributed by atoms with van der Waals surface area (Å²) < 4.78 is 22.7. The van der Waals surface area contributed by atoms with E-state index in [9.17, 15) is 13.2 Å². The molecule has 98 valence electrons. The summed E-state index contributed by atoms with van der Waals surface area (Å²) >= 11 is 5.92. The van der Waals surface area contributed by atoms with E-state index in [-0.39, 0.29) is 23.8 Å². The van der Waals surface area contributed by atoms with Crippen molar-refractivity contribution in [2.75, 3.05) is 11.5 Å². The van der Waals surface area contributed by atoms with Gasteiger partial charge in [-0.05, 0) is 5.56 Å². The van der Waals surface area contributed by atoms with Gasteiger partial charge in [-0.2, -0.15) is 0 Å². The van der Waals surface area contributed by atoms with Crippen LogP contribution in [0.3, 0.4) is 0 Å². The van der Waals surface area contributed by atoms with Crippen LogP contribution in [0.15, 0.2) is 30.3 Å². The van der Waals surface area contributed by atoms with Crippen molar-refractivity contribution in [2.24, 2.45) is 0 Å². The van der Waals surface area contributed by atoms with E-state index in [1.54, 1.807) is 0 Å². The molecular formula is C12H14ClNO3S. The van der Waals surface area contributed by atoms with Crippen LogP contribution in [-0.4, -0.2) is 37.2 Å². The Morgan fingerprint density at radius 1 is 1.28 bits per heavy atom. The minimum Gasteiger partial charge on any atom is -0.351 e. The summed E-state index contributed by atoms with van der Waals surface area (Å²) in [5.41, 5.74) is 0.891. The third kappa shape index (κ3) is 3.46. The Labute approximate surface area is 111 Å². The fourth-order valence-corrected chi connectivity index (χ4v) is 4.53. The second-order valence-corrected chi connectivity index (χ2v) is 7.14. The van der Waals surface area contributed by atoms with Gasteiger partial charge in [-0.1, -0.05) is 30.3 Å². The summed E-state index contributed by atoms with van der Waals surface area (Å²) in [6, 6.07) is 8.80. The largest absolute Gasteiger partial charge is 0.351 e. The average Bonchev–Trinajstić information content (AvgIpc) is 2.53. The number of carbonyl (C=O) groups excluding carboxylic acids is 1. The van der Waals surface area contributed by atoms with Crippen LogP contribution in [-0.2, 0) is 21.1 Å². The Morgan fingerprint density at radius 2 is 1.94 bits per heavy atom. The second-order valence-electron chi connectivity index (χ2n) is 4.43. The van der Waals surface area contributed by atoms with Gasteiger partial charge >= 0.3 is 0 Å². The highest BCUT2D eigenvalue weighted by molar-refractivity contribution is 7.91. The summed E-state index contributed by atoms with van der Waals surface area (Å²) in [5.74, 6) is -0.332. The number of amides is 1. The van der Waals surface area contributed by atoms with Crippen LogP contribution in [0.4, 0.5) is 0 Å². The molecular weight excluding hydrogens is 274 g/mol. The van der Waals surface area contributed by atoms with Crippen LogP contribution in [0, 0.1) is 0 Å². The first-order chi connectivity index (χ1) is 8.46. The van der Waals surface area contributed by atoms with Gasteiger partial charge in [0.1, 0.15) is 0 Å². The van der Waals surface area contributed by atoms with Crippen molar-refractivity contribution in [1.82, 2.24) is 5.32 Å². The molecule has 6 heteroatoms. The number of hydrogen-bond donors (Lipinski definition) is 1. The summed E-state index contributed by atoms with van der Waals surface area (Å²) in [4.78, 5) is 11.8. The zero-order valence-corrected chi connectivity index (χ0v) is 11.2. The number of hydrogen-bond acceptors (Lipinski definition) is 3. The van der Waals surface area contributed by atoms with Crippen molar-refractivity contribution in [3.8, 4) is 0 Å². The van der Waals surface area contributed by atoms with Crippen molar-refractivity contribution in [2.45, 2.75) is 17.8 Å². The zero-order valence-electron chi connectivity index (χ0n) is 9.67. The first-order valence-corrected chi connectivity index (χ1v) is 7.90. The number of alkyl halides is 1. The predicted octanol–water partition coefficient (Wildman–Crippen LogP) is 0.750. The maximum Gasteiger partial charge on any atom is 0.224 e. The highest BCUT2D eigenvalue weighted by Gasteiger charge is 2.37. The molecule has 1 N–H and O–H groups in total. The molecule has 0 spiro atoms. The van der Waals surface area contributed by atoms with Gasteiger partial charge in [0.05, 0.1) is 29.3 Å². The summed E-state index contributed by atoms with van der Waals surface area (Å²) in [7, 11) is -3.11. The molecule has 1 aromatic carbocycles. The molecule has 0 radical (unpaired) electrons. The lowest BCUT2D eigenvalue weighted by Gasteiger charge is -2.14. The number of nitrogens with one attached hydrogen (secondary N) is 1. The molecule has 1 aliphatic rings. The van der Waals surface area contributed by atoms with Gasteiger partial charge < -0.3 is 5.32 Å². The third-order valence-electron chi connectivity index (χ3n) is 2.84. The first-order valence-electron chi connectivity index (χ1n) is 5.64. The Bertz CT molecular complexity index is 530. The van der Waals surface area contributed by atoms with Gasteiger partial charge in [-0.3, -0.25) is 4.79 Å². The molecule has 2 atom stereocenters. The van der Waals surface area contributed by atoms with E-state index in [4.69, 9.17) is 11.6 Å². The van der Waals surface area contributed by atoms with Crippen molar-refractivity contribution in [3.05, 3.63) is 35.9 Å². The minimum absolute atomic E-state index is 0.0646. The van der Waals surface area contributed by atoms with E-state index in [0.29, 0.717) is 0 Å². The molecule has 4 nitrogen and oxygen atoms in total. The molecule has 1 aliphatic heterocycles. The van der Waals surface area contributed by atoms with Gasteiger partial charge in [0, 0.05) is 0 Å². The van der Waals surface area contributed by atoms with Crippen LogP contribution in [0.2, 0.25) is 0 Å². The van der Waals surface area contributed by atoms with Crippen LogP contribution in [0.5, 0.6) is 0 Å². The fourth-order valence-electron chi connectivity index (χ4n) is 1.98. The van der Waals surface area contributed by atoms with Crippen LogP contribution in [0.1, 0.15) is 5.56 Å². The van der Waals surface area contributed by atoms with Gasteiger partial charge in [0.25, 0.3) is 0 Å². The van der Waals surface area contributed by atoms with E-state index in [1.165, 1.54) is 0 Å². The smallest absolute Gasteiger partial charge is 0.224 e. The van der Waals surface area contributed by atoms with Crippen molar-refractivity contribution in [3.63, 3.8) is 0 Å². The van der Waals surface area contributed by atoms with Crippen molar-refractivity contribution < 1.29 is 13.2 Å². The van der Waals surface area contributed by atoms with E-state index in [0.717, 1.165) is 5.56 Å². The Morgan fingerprint density at radius 3 is 2.50 bits per heavy atom. The maximum absolute atomic E-state index is 11.8. The summed E-state index contributed by atoms with van der Waals surface area (Å²) in [5, 5.41) is 2.15. The monoisotopic (exact) mass is 287 g/mol. The fraction of sp³-hybridized carbons (Fsp3) is 0.417. The quantitative estimate of drug-likeness (QED) is 0.835. The van der Waals surface area contributed by atoms with Gasteiger partial charge in [0.2, 0.25) is 5.91 Å². The summed E-state index contributed by atoms with van der Waals surface area (Å²) in [6.45, 7) is 0. The molecule has 1 heterocycles. The lowest BCUT2D eigenvalue weighted by atomic mass is 10.1. The Balaban J connectivity index is 1.93. The molecule has 1 amide bonds. The van der Waals surface area contributed by atoms with E-state index in [2.05, 4.69) is 5.32 Å². The molecule has 1 aromatic rings. The Hall–Kier alpha value is -1.07. The zero-order chi connectivity index (χ0) is 13.2. The number of carbonyl (C=O) groups is 1. The molecule has 2 rings (SSSR count). The summed E-state index contributed by atoms with van der Waals surface area (Å²) in [6.07, 6.45) is 0.237. The van der Waals surface area contributed by atoms with Crippen molar-refractivity contribution >= 4 is 27.3 Å². The van der Waals surface area contributed by atoms with Gasteiger partial charge in [-0.15, -0.1) is 11.6 Å². The van der Waals surface area contributed by atoms with Crippen LogP contribution in [0.25, 0.3) is 0 Å². The molecule has 18 heavy (non-hydrogen) atoms. The Kier molecular flexibility index (Phi) is 3.92. The minimum atomic E-state index is -3.11. The number of rotatable bonds is 3. The van der Waals surface area contributed by atoms with E-state index < -0.39 is 21.3 Å². The predicted molar refractivity (Wildman–Crippen MR) is 70.4 cm³/mol. The topological polar surface area (TPSA) is 63.2 Å². The molecule has 0 unspecified atom stereocenters. The van der Waals surface area contributed by atoms with Gasteiger partial charge in [0.15, 0.2) is 9.84 Å². The van der Waals surface area contributed by atoms with Crippen LogP contribution >= 0.6 is 11.6 Å². The third-order valence-corrected chi connectivity index (χ3v) is 5.21. The molecule has 0 bridgehead atoms. The number of halogens is 1. The van der Waals surface area contributed by atoms with E-state index in [1.807, 2.05) is 30.3 Å².